The molecule has 2 aromatic heterocycles. The smallest absolute Gasteiger partial charge is 0.310 e. The molecule has 0 amide bonds. The molecule has 1 aliphatic heterocycles. The Bertz CT molecular complexity index is 4700. The molecule has 15 rings (SSSR count). The van der Waals surface area contributed by atoms with Gasteiger partial charge in [-0.15, -0.1) is 23.2 Å². The van der Waals surface area contributed by atoms with E-state index in [1.54, 1.807) is 85.1 Å². The first-order chi connectivity index (χ1) is 51.3. The number of furan rings is 2. The fourth-order valence-electron chi connectivity index (χ4n) is 20.7. The number of carbonyl (C=O) groups is 9. The van der Waals surface area contributed by atoms with Crippen molar-refractivity contribution in [3.63, 3.8) is 0 Å². The van der Waals surface area contributed by atoms with Gasteiger partial charge in [-0.05, 0) is 145 Å². The van der Waals surface area contributed by atoms with Gasteiger partial charge in [0.2, 0.25) is 0 Å². The summed E-state index contributed by atoms with van der Waals surface area (Å²) in [5, 5.41) is 51.1. The van der Waals surface area contributed by atoms with Crippen molar-refractivity contribution in [1.82, 2.24) is 0 Å². The molecule has 7 fully saturated rings. The Morgan fingerprint density at radius 1 is 0.688 bits per heavy atom. The summed E-state index contributed by atoms with van der Waals surface area (Å²) in [4.78, 5) is 106. The number of carbonyl (C=O) groups excluding carboxylic acids is 6. The maximum atomic E-state index is 17.2. The number of hydrogen-bond donors (Lipinski definition) is 5. The van der Waals surface area contributed by atoms with Gasteiger partial charge in [-0.1, -0.05) is 120 Å². The largest absolute Gasteiger partial charge is 0.481 e. The zero-order chi connectivity index (χ0) is 79.7. The van der Waals surface area contributed by atoms with E-state index in [0.29, 0.717) is 55.2 Å². The minimum absolute atomic E-state index is 0.0105. The highest BCUT2D eigenvalue weighted by molar-refractivity contribution is 6.29. The van der Waals surface area contributed by atoms with Crippen molar-refractivity contribution in [3.05, 3.63) is 144 Å². The summed E-state index contributed by atoms with van der Waals surface area (Å²) in [6.45, 7) is 17.3. The number of benzene rings is 4. The average molecular weight is 1550 g/mol. The van der Waals surface area contributed by atoms with E-state index in [1.165, 1.54) is 19.1 Å². The third-order valence-corrected chi connectivity index (χ3v) is 26.4. The number of ketones is 5. The van der Waals surface area contributed by atoms with Crippen LogP contribution in [0.1, 0.15) is 175 Å². The maximum absolute atomic E-state index is 17.2. The Hall–Kier alpha value is -8.12. The second-order valence-corrected chi connectivity index (χ2v) is 32.6. The Kier molecular flexibility index (Phi) is 22.9. The number of halogens is 5. The number of aliphatic carboxylic acids is 3. The number of carboxylic acid groups (broad SMARTS) is 3. The molecule has 9 aliphatic rings. The lowest BCUT2D eigenvalue weighted by molar-refractivity contribution is -0.250. The minimum Gasteiger partial charge on any atom is -0.481 e. The lowest BCUT2D eigenvalue weighted by Crippen LogP contribution is -2.71. The molecule has 1 saturated heterocycles. The normalized spacial score (nSPS) is 34.3. The van der Waals surface area contributed by atoms with Gasteiger partial charge in [0, 0.05) is 97.9 Å². The molecule has 5 N–H and O–H groups in total. The summed E-state index contributed by atoms with van der Waals surface area (Å²) in [6.07, 6.45) is 4.64. The van der Waals surface area contributed by atoms with Crippen LogP contribution in [0.4, 0.5) is 13.2 Å². The standard InChI is InChI=1S/C25H31ClF2O5.C24H32ClFO5.C17H14O3.C16H12O4.C3H6O2/c1-5-21(32)33-25(20(31)12-26)13(2)8-15-16-10-18(27)17-9-14(29)6-7-22(17,3)24(16,28)19(30)11-23(15,25)4;1-20(2)30-19-10-16-15-6-5-13-9-14(27)7-8-21(13,3)23(15,26)17(28)11-22(16,4)24(19,31-20)18(29)12-25;1-11(17(18)19)13-8-5-9-14-15(10-20-16(13)14)12-6-3-2-4-7-12;17-13(6-8-16(18)19)10-5-7-15-12(9-10)11-3-1-2-4-14(11)20-15;1-2-3(4)5/h6-7,9,13,15-16,18-19,30H,5,8,10-12H2,1-4H3;9,15-17,19,28H,5-8,10-12H2,1-4H3;2-11H,1H3,(H,18,19);1-5,7,9H,6,8H2,(H,18,19);2H2,1H3,(H,4,5)/t13-,15?,16?,18-,19?,22?,23?,24-,25-;15-,16-,17-,19+,21-,22-,23-,24+;;;/m00.../s1. The molecule has 4 aromatic carbocycles. The predicted molar refractivity (Wildman–Crippen MR) is 401 cm³/mol. The molecule has 109 heavy (non-hydrogen) atoms. The van der Waals surface area contributed by atoms with Gasteiger partial charge in [-0.25, -0.2) is 13.2 Å². The van der Waals surface area contributed by atoms with Crippen LogP contribution in [0.5, 0.6) is 0 Å². The maximum Gasteiger partial charge on any atom is 0.310 e. The van der Waals surface area contributed by atoms with E-state index >= 15 is 13.2 Å². The van der Waals surface area contributed by atoms with Crippen molar-refractivity contribution in [2.24, 2.45) is 51.2 Å². The summed E-state index contributed by atoms with van der Waals surface area (Å²) in [6, 6.07) is 28.4. The lowest BCUT2D eigenvalue weighted by atomic mass is 9.44. The molecule has 19 nitrogen and oxygen atoms in total. The molecular weight excluding hydrogens is 1450 g/mol. The molecule has 0 spiro atoms. The van der Waals surface area contributed by atoms with E-state index in [0.717, 1.165) is 50.1 Å². The van der Waals surface area contributed by atoms with Gasteiger partial charge < -0.3 is 48.6 Å². The van der Waals surface area contributed by atoms with Crippen molar-refractivity contribution in [2.75, 3.05) is 11.8 Å². The fourth-order valence-corrected chi connectivity index (χ4v) is 21.1. The Morgan fingerprint density at radius 2 is 1.32 bits per heavy atom. The van der Waals surface area contributed by atoms with Gasteiger partial charge in [-0.3, -0.25) is 43.2 Å². The zero-order valence-corrected chi connectivity index (χ0v) is 64.3. The highest BCUT2D eigenvalue weighted by Gasteiger charge is 2.81. The van der Waals surface area contributed by atoms with Gasteiger partial charge in [0.25, 0.3) is 0 Å². The Labute approximate surface area is 639 Å². The van der Waals surface area contributed by atoms with Gasteiger partial charge in [0.15, 0.2) is 51.6 Å². The zero-order valence-electron chi connectivity index (χ0n) is 62.8. The van der Waals surface area contributed by atoms with Crippen LogP contribution in [0.25, 0.3) is 44.0 Å². The molecule has 584 valence electrons. The summed E-state index contributed by atoms with van der Waals surface area (Å²) >= 11 is 12.0. The molecule has 24 heteroatoms. The molecule has 8 aliphatic carbocycles. The molecule has 6 unspecified atom stereocenters. The van der Waals surface area contributed by atoms with Crippen molar-refractivity contribution >= 4 is 109 Å². The highest BCUT2D eigenvalue weighted by atomic mass is 35.5. The lowest BCUT2D eigenvalue weighted by Gasteiger charge is -2.63. The minimum atomic E-state index is -2.25. The number of aliphatic hydroxyl groups is 2. The summed E-state index contributed by atoms with van der Waals surface area (Å²) in [5.41, 5.74) is -5.05. The van der Waals surface area contributed by atoms with Gasteiger partial charge in [0.1, 0.15) is 28.6 Å². The van der Waals surface area contributed by atoms with Crippen molar-refractivity contribution in [1.29, 1.82) is 0 Å². The third kappa shape index (κ3) is 13.4. The number of ether oxygens (including phenoxy) is 3. The SMILES string of the molecule is CC(C(=O)O)c1cccc2c(-c3ccccc3)coc12.CC1(C)O[C@@H]2C[C@H]3[C@@H]4CCC5=CC(=O)CC[C@]5(C)[C@@]4(F)[C@@H](O)C[C@]3(C)[C@]2(C(=O)CCl)O1.CCC(=O)O.CCC(=O)O[C@]1(C(=O)CCl)[C@@H](C)CC2C3C[C@H](F)C4=CC(=O)C=CC4(C)[C@@]3(F)C(O)CC21C.O=C(O)CCC(=O)c1ccc2oc3ccccc3c2c1. The summed E-state index contributed by atoms with van der Waals surface area (Å²) < 4.78 is 79.6. The number of alkyl halides is 5. The molecule has 3 heterocycles. The van der Waals surface area contributed by atoms with Crippen LogP contribution >= 0.6 is 23.2 Å². The number of fused-ring (bicyclic) bond motifs is 16. The van der Waals surface area contributed by atoms with E-state index in [-0.39, 0.29) is 79.7 Å². The molecule has 0 bridgehead atoms. The van der Waals surface area contributed by atoms with E-state index in [9.17, 15) is 58.5 Å². The van der Waals surface area contributed by atoms with Gasteiger partial charge in [0.05, 0.1) is 48.7 Å². The first-order valence-corrected chi connectivity index (χ1v) is 38.4. The number of Topliss-reactive ketones (excluding diaryl/α,β-unsaturated/α-hetero) is 3. The first-order valence-electron chi connectivity index (χ1n) is 37.3. The summed E-state index contributed by atoms with van der Waals surface area (Å²) in [5.74, 6) is -9.18. The van der Waals surface area contributed by atoms with Gasteiger partial charge in [-0.2, -0.15) is 0 Å². The predicted octanol–water partition coefficient (Wildman–Crippen LogP) is 16.3. The van der Waals surface area contributed by atoms with Crippen LogP contribution in [-0.4, -0.2) is 143 Å². The number of allylic oxidation sites excluding steroid dienone is 5. The van der Waals surface area contributed by atoms with Crippen LogP contribution in [0.3, 0.4) is 0 Å². The molecular formula is C85H95Cl2F3O19. The average Bonchev–Trinajstić information content (AvgIpc) is 1.42. The van der Waals surface area contributed by atoms with Crippen molar-refractivity contribution in [2.45, 2.75) is 211 Å². The van der Waals surface area contributed by atoms with Crippen LogP contribution in [0, 0.1) is 51.2 Å². The number of esters is 1. The topological polar surface area (TPSA) is 309 Å². The van der Waals surface area contributed by atoms with Crippen molar-refractivity contribution < 1.29 is 105 Å². The van der Waals surface area contributed by atoms with Crippen LogP contribution in [-0.2, 0) is 52.6 Å². The Balaban J connectivity index is 0.000000144. The Morgan fingerprint density at radius 3 is 1.97 bits per heavy atom. The fraction of sp³-hybridized carbons (Fsp3) is 0.518. The number of hydrogen-bond acceptors (Lipinski definition) is 16. The van der Waals surface area contributed by atoms with E-state index in [4.69, 9.17) is 56.5 Å². The van der Waals surface area contributed by atoms with Gasteiger partial charge >= 0.3 is 23.9 Å². The number of para-hydroxylation sites is 2. The number of aliphatic hydroxyl groups excluding tert-OH is 2. The van der Waals surface area contributed by atoms with Crippen LogP contribution < -0.4 is 0 Å². The van der Waals surface area contributed by atoms with Crippen molar-refractivity contribution in [3.8, 4) is 11.1 Å². The second-order valence-electron chi connectivity index (χ2n) is 32.1. The van der Waals surface area contributed by atoms with E-state index < -0.39 is 145 Å². The third-order valence-electron chi connectivity index (χ3n) is 26.0. The number of carboxylic acids is 3. The molecule has 6 aromatic rings. The molecule has 18 atom stereocenters. The number of rotatable bonds is 14. The van der Waals surface area contributed by atoms with E-state index in [1.807, 2.05) is 80.6 Å². The van der Waals surface area contributed by atoms with Crippen LogP contribution in [0.15, 0.2) is 142 Å². The monoisotopic (exact) mass is 1550 g/mol. The molecule has 6 saturated carbocycles. The quantitative estimate of drug-likeness (QED) is 0.0384. The van der Waals surface area contributed by atoms with Crippen LogP contribution in [0.2, 0.25) is 0 Å². The molecule has 0 radical (unpaired) electrons. The van der Waals surface area contributed by atoms with E-state index in [2.05, 4.69) is 0 Å². The first kappa shape index (κ1) is 81.9. The summed E-state index contributed by atoms with van der Waals surface area (Å²) in [7, 11) is 0. The second kappa shape index (κ2) is 30.5. The highest BCUT2D eigenvalue weighted by Crippen LogP contribution is 2.74.